The lowest BCUT2D eigenvalue weighted by atomic mass is 10.1. The minimum absolute atomic E-state index is 0.235. The van der Waals surface area contributed by atoms with Crippen LogP contribution in [-0.2, 0) is 9.47 Å². The van der Waals surface area contributed by atoms with Crippen molar-refractivity contribution in [3.8, 4) is 0 Å². The van der Waals surface area contributed by atoms with Gasteiger partial charge in [0.15, 0.2) is 0 Å². The van der Waals surface area contributed by atoms with Gasteiger partial charge in [-0.15, -0.1) is 11.3 Å². The molecule has 2 atom stereocenters. The molecular formula is C14H26N2O2S. The Kier molecular flexibility index (Phi) is 7.56. The van der Waals surface area contributed by atoms with Gasteiger partial charge in [-0.25, -0.2) is 0 Å². The van der Waals surface area contributed by atoms with E-state index in [1.165, 1.54) is 9.75 Å². The van der Waals surface area contributed by atoms with Crippen molar-refractivity contribution in [3.63, 3.8) is 0 Å². The fourth-order valence-corrected chi connectivity index (χ4v) is 3.28. The highest BCUT2D eigenvalue weighted by atomic mass is 32.1. The molecule has 0 saturated heterocycles. The molecule has 0 saturated carbocycles. The first-order valence-corrected chi connectivity index (χ1v) is 7.45. The van der Waals surface area contributed by atoms with Crippen molar-refractivity contribution in [3.05, 3.63) is 21.9 Å². The van der Waals surface area contributed by atoms with Gasteiger partial charge in [0.05, 0.1) is 19.3 Å². The van der Waals surface area contributed by atoms with Gasteiger partial charge in [0.2, 0.25) is 0 Å². The van der Waals surface area contributed by atoms with Gasteiger partial charge in [0, 0.05) is 43.1 Å². The van der Waals surface area contributed by atoms with E-state index in [2.05, 4.69) is 30.9 Å². The molecule has 1 aromatic rings. The van der Waals surface area contributed by atoms with E-state index in [1.54, 1.807) is 14.2 Å². The van der Waals surface area contributed by atoms with Gasteiger partial charge in [0.25, 0.3) is 0 Å². The Bertz CT molecular complexity index is 357. The highest BCUT2D eigenvalue weighted by Crippen LogP contribution is 2.28. The lowest BCUT2D eigenvalue weighted by Gasteiger charge is -2.35. The fourth-order valence-electron chi connectivity index (χ4n) is 2.26. The molecule has 5 heteroatoms. The lowest BCUT2D eigenvalue weighted by Crippen LogP contribution is -2.43. The molecule has 0 aliphatic carbocycles. The van der Waals surface area contributed by atoms with Crippen molar-refractivity contribution in [1.82, 2.24) is 4.90 Å². The fraction of sp³-hybridized carbons (Fsp3) is 0.714. The number of hydrogen-bond donors (Lipinski definition) is 1. The summed E-state index contributed by atoms with van der Waals surface area (Å²) >= 11 is 1.81. The molecule has 2 N–H and O–H groups in total. The van der Waals surface area contributed by atoms with Gasteiger partial charge < -0.3 is 15.2 Å². The first kappa shape index (κ1) is 16.6. The van der Waals surface area contributed by atoms with Crippen LogP contribution in [0, 0.1) is 6.92 Å². The molecule has 0 aliphatic heterocycles. The second-order valence-electron chi connectivity index (χ2n) is 4.73. The second kappa shape index (κ2) is 8.66. The van der Waals surface area contributed by atoms with Gasteiger partial charge in [-0.2, -0.15) is 0 Å². The van der Waals surface area contributed by atoms with Crippen LogP contribution in [0.3, 0.4) is 0 Å². The van der Waals surface area contributed by atoms with Crippen LogP contribution in [0.1, 0.15) is 22.7 Å². The van der Waals surface area contributed by atoms with Gasteiger partial charge in [0.1, 0.15) is 0 Å². The quantitative estimate of drug-likeness (QED) is 0.754. The van der Waals surface area contributed by atoms with Crippen LogP contribution in [0.5, 0.6) is 0 Å². The third-order valence-electron chi connectivity index (χ3n) is 3.24. The van der Waals surface area contributed by atoms with E-state index in [1.807, 2.05) is 11.3 Å². The normalized spacial score (nSPS) is 14.8. The summed E-state index contributed by atoms with van der Waals surface area (Å²) in [5.74, 6) is 0. The summed E-state index contributed by atoms with van der Waals surface area (Å²) in [5, 5.41) is 0. The molecule has 4 nitrogen and oxygen atoms in total. The molecule has 2 unspecified atom stereocenters. The van der Waals surface area contributed by atoms with Crippen molar-refractivity contribution in [2.45, 2.75) is 25.9 Å². The van der Waals surface area contributed by atoms with Gasteiger partial charge >= 0.3 is 0 Å². The summed E-state index contributed by atoms with van der Waals surface area (Å²) in [4.78, 5) is 5.01. The Hall–Kier alpha value is -0.460. The molecule has 0 bridgehead atoms. The summed E-state index contributed by atoms with van der Waals surface area (Å²) in [7, 11) is 3.46. The summed E-state index contributed by atoms with van der Waals surface area (Å²) in [6, 6.07) is 4.88. The molecule has 0 spiro atoms. The molecule has 0 fully saturated rings. The monoisotopic (exact) mass is 286 g/mol. The molecule has 110 valence electrons. The first-order valence-electron chi connectivity index (χ1n) is 6.64. The Morgan fingerprint density at radius 3 is 2.53 bits per heavy atom. The molecule has 1 heterocycles. The summed E-state index contributed by atoms with van der Waals surface area (Å²) in [6.45, 7) is 7.17. The van der Waals surface area contributed by atoms with Crippen molar-refractivity contribution in [2.24, 2.45) is 5.73 Å². The molecule has 0 aromatic carbocycles. The molecule has 0 aliphatic rings. The molecule has 19 heavy (non-hydrogen) atoms. The maximum absolute atomic E-state index is 6.00. The van der Waals surface area contributed by atoms with Gasteiger partial charge in [-0.05, 0) is 26.0 Å². The topological polar surface area (TPSA) is 47.7 Å². The number of rotatable bonds is 9. The number of thiophene rings is 1. The molecule has 1 rings (SSSR count). The minimum Gasteiger partial charge on any atom is -0.383 e. The molecule has 0 radical (unpaired) electrons. The van der Waals surface area contributed by atoms with E-state index >= 15 is 0 Å². The number of nitrogens with zero attached hydrogens (tertiary/aromatic N) is 1. The molecule has 0 amide bonds. The van der Waals surface area contributed by atoms with Crippen molar-refractivity contribution >= 4 is 11.3 Å². The highest BCUT2D eigenvalue weighted by Gasteiger charge is 2.24. The Morgan fingerprint density at radius 1 is 1.32 bits per heavy atom. The average Bonchev–Trinajstić information content (AvgIpc) is 2.81. The molecule has 1 aromatic heterocycles. The van der Waals surface area contributed by atoms with Crippen LogP contribution in [0.15, 0.2) is 12.1 Å². The Morgan fingerprint density at radius 2 is 2.05 bits per heavy atom. The zero-order chi connectivity index (χ0) is 14.3. The van der Waals surface area contributed by atoms with Crippen LogP contribution >= 0.6 is 11.3 Å². The third kappa shape index (κ3) is 4.85. The SMILES string of the molecule is COCCN(C(C)COC)C(CN)c1ccc(C)s1. The van der Waals surface area contributed by atoms with E-state index < -0.39 is 0 Å². The zero-order valence-corrected chi connectivity index (χ0v) is 13.2. The maximum Gasteiger partial charge on any atom is 0.0615 e. The predicted molar refractivity (Wildman–Crippen MR) is 80.8 cm³/mol. The summed E-state index contributed by atoms with van der Waals surface area (Å²) < 4.78 is 10.5. The van der Waals surface area contributed by atoms with Gasteiger partial charge in [-0.3, -0.25) is 4.90 Å². The maximum atomic E-state index is 6.00. The standard InChI is InChI=1S/C14H26N2O2S/c1-11(10-18-4)16(7-8-17-3)13(9-15)14-6-5-12(2)19-14/h5-6,11,13H,7-10,15H2,1-4H3. The minimum atomic E-state index is 0.235. The Labute approximate surface area is 120 Å². The number of nitrogens with two attached hydrogens (primary N) is 1. The van der Waals surface area contributed by atoms with Crippen molar-refractivity contribution < 1.29 is 9.47 Å². The number of methoxy groups -OCH3 is 2. The predicted octanol–water partition coefficient (Wildman–Crippen LogP) is 2.04. The van der Waals surface area contributed by atoms with E-state index in [-0.39, 0.29) is 6.04 Å². The second-order valence-corrected chi connectivity index (χ2v) is 6.05. The Balaban J connectivity index is 2.85. The van der Waals surface area contributed by atoms with Crippen LogP contribution in [0.25, 0.3) is 0 Å². The van der Waals surface area contributed by atoms with Gasteiger partial charge in [-0.1, -0.05) is 0 Å². The summed E-state index contributed by atoms with van der Waals surface area (Å²) in [6.07, 6.45) is 0. The van der Waals surface area contributed by atoms with Crippen LogP contribution in [-0.4, -0.2) is 51.5 Å². The van der Waals surface area contributed by atoms with E-state index in [0.29, 0.717) is 25.8 Å². The number of hydrogen-bond acceptors (Lipinski definition) is 5. The zero-order valence-electron chi connectivity index (χ0n) is 12.4. The van der Waals surface area contributed by atoms with E-state index in [4.69, 9.17) is 15.2 Å². The van der Waals surface area contributed by atoms with Crippen molar-refractivity contribution in [1.29, 1.82) is 0 Å². The van der Waals surface area contributed by atoms with Crippen LogP contribution < -0.4 is 5.73 Å². The van der Waals surface area contributed by atoms with Crippen LogP contribution in [0.4, 0.5) is 0 Å². The van der Waals surface area contributed by atoms with Crippen molar-refractivity contribution in [2.75, 3.05) is 40.5 Å². The summed E-state index contributed by atoms with van der Waals surface area (Å²) in [5.41, 5.74) is 6.00. The molecular weight excluding hydrogens is 260 g/mol. The lowest BCUT2D eigenvalue weighted by molar-refractivity contribution is 0.0496. The smallest absolute Gasteiger partial charge is 0.0615 e. The van der Waals surface area contributed by atoms with E-state index in [9.17, 15) is 0 Å². The largest absolute Gasteiger partial charge is 0.383 e. The highest BCUT2D eigenvalue weighted by molar-refractivity contribution is 7.12. The third-order valence-corrected chi connectivity index (χ3v) is 4.34. The first-order chi connectivity index (χ1) is 9.13. The number of aryl methyl sites for hydroxylation is 1. The average molecular weight is 286 g/mol. The van der Waals surface area contributed by atoms with Crippen LogP contribution in [0.2, 0.25) is 0 Å². The van der Waals surface area contributed by atoms with E-state index in [0.717, 1.165) is 6.54 Å². The number of ether oxygens (including phenoxy) is 2.